The number of halogens is 2. The van der Waals surface area contributed by atoms with Crippen LogP contribution in [0.15, 0.2) is 58.2 Å². The molecule has 2 atom stereocenters. The van der Waals surface area contributed by atoms with Crippen molar-refractivity contribution in [3.63, 3.8) is 0 Å². The van der Waals surface area contributed by atoms with Gasteiger partial charge in [0.2, 0.25) is 5.75 Å². The Hall–Kier alpha value is -3.21. The normalized spacial score (nSPS) is 17.9. The second kappa shape index (κ2) is 10.9. The van der Waals surface area contributed by atoms with Gasteiger partial charge in [-0.3, -0.25) is 18.6 Å². The molecule has 198 valence electrons. The van der Waals surface area contributed by atoms with Crippen LogP contribution >= 0.6 is 23.2 Å². The van der Waals surface area contributed by atoms with Gasteiger partial charge in [-0.25, -0.2) is 0 Å². The van der Waals surface area contributed by atoms with E-state index in [-0.39, 0.29) is 52.5 Å². The molecule has 3 heterocycles. The van der Waals surface area contributed by atoms with Crippen LogP contribution in [0.25, 0.3) is 0 Å². The number of amides is 2. The van der Waals surface area contributed by atoms with E-state index in [1.807, 2.05) is 6.07 Å². The van der Waals surface area contributed by atoms with Crippen molar-refractivity contribution in [1.82, 2.24) is 19.4 Å². The molecule has 3 aromatic rings. The van der Waals surface area contributed by atoms with E-state index in [0.29, 0.717) is 24.3 Å². The van der Waals surface area contributed by atoms with Crippen molar-refractivity contribution >= 4 is 45.8 Å². The van der Waals surface area contributed by atoms with E-state index < -0.39 is 40.0 Å². The first-order chi connectivity index (χ1) is 18.3. The minimum absolute atomic E-state index is 0.163. The van der Waals surface area contributed by atoms with E-state index in [4.69, 9.17) is 23.2 Å². The summed E-state index contributed by atoms with van der Waals surface area (Å²) in [7, 11) is -1.31. The number of carbonyl (C=O) groups is 2. The van der Waals surface area contributed by atoms with Crippen molar-refractivity contribution in [2.24, 2.45) is 0 Å². The van der Waals surface area contributed by atoms with Crippen molar-refractivity contribution in [3.05, 3.63) is 86.0 Å². The monoisotopic (exact) mass is 574 g/mol. The molecule has 0 bridgehead atoms. The average Bonchev–Trinajstić information content (AvgIpc) is 3.40. The lowest BCUT2D eigenvalue weighted by atomic mass is 10.1. The number of aromatic nitrogens is 2. The van der Waals surface area contributed by atoms with Crippen molar-refractivity contribution in [3.8, 4) is 5.75 Å². The number of rotatable bonds is 6. The highest BCUT2D eigenvalue weighted by molar-refractivity contribution is 7.85. The summed E-state index contributed by atoms with van der Waals surface area (Å²) < 4.78 is 14.2. The van der Waals surface area contributed by atoms with E-state index in [0.717, 1.165) is 0 Å². The van der Waals surface area contributed by atoms with Crippen LogP contribution < -0.4 is 5.56 Å². The minimum atomic E-state index is -1.31. The largest absolute Gasteiger partial charge is 0.501 e. The molecule has 12 heteroatoms. The Kier molecular flexibility index (Phi) is 7.56. The fourth-order valence-electron chi connectivity index (χ4n) is 4.95. The second-order valence-corrected chi connectivity index (χ2v) is 11.4. The van der Waals surface area contributed by atoms with Crippen LogP contribution in [0, 0.1) is 0 Å². The number of hydrogen-bond donors (Lipinski definition) is 1. The zero-order valence-electron chi connectivity index (χ0n) is 20.2. The fourth-order valence-corrected chi connectivity index (χ4v) is 6.59. The predicted molar refractivity (Wildman–Crippen MR) is 143 cm³/mol. The summed E-state index contributed by atoms with van der Waals surface area (Å²) in [5, 5.41) is 11.0. The van der Waals surface area contributed by atoms with E-state index in [1.165, 1.54) is 9.47 Å². The Morgan fingerprint density at radius 3 is 2.45 bits per heavy atom. The zero-order chi connectivity index (χ0) is 27.0. The maximum absolute atomic E-state index is 13.5. The molecule has 2 aliphatic rings. The molecule has 1 saturated heterocycles. The summed E-state index contributed by atoms with van der Waals surface area (Å²) in [5.74, 6) is -1.24. The van der Waals surface area contributed by atoms with Gasteiger partial charge in [0.05, 0.1) is 32.5 Å². The van der Waals surface area contributed by atoms with Gasteiger partial charge in [0.25, 0.3) is 11.8 Å². The molecule has 0 spiro atoms. The van der Waals surface area contributed by atoms with Gasteiger partial charge in [-0.2, -0.15) is 4.98 Å². The van der Waals surface area contributed by atoms with Gasteiger partial charge in [0.15, 0.2) is 5.69 Å². The Labute approximate surface area is 231 Å². The van der Waals surface area contributed by atoms with Gasteiger partial charge in [-0.05, 0) is 37.1 Å². The third-order valence-electron chi connectivity index (χ3n) is 6.81. The summed E-state index contributed by atoms with van der Waals surface area (Å²) in [4.78, 5) is 47.3. The molecule has 2 amide bonds. The van der Waals surface area contributed by atoms with Gasteiger partial charge in [0, 0.05) is 36.8 Å². The summed E-state index contributed by atoms with van der Waals surface area (Å²) in [5.41, 5.74) is -0.951. The van der Waals surface area contributed by atoms with Crippen LogP contribution in [0.4, 0.5) is 0 Å². The van der Waals surface area contributed by atoms with Gasteiger partial charge >= 0.3 is 5.56 Å². The fraction of sp³-hybridized carbons (Fsp3) is 0.308. The van der Waals surface area contributed by atoms with Crippen LogP contribution in [-0.2, 0) is 17.3 Å². The molecule has 0 saturated carbocycles. The van der Waals surface area contributed by atoms with Gasteiger partial charge < -0.3 is 19.5 Å². The minimum Gasteiger partial charge on any atom is -0.501 e. The van der Waals surface area contributed by atoms with Crippen LogP contribution in [0.5, 0.6) is 5.75 Å². The number of carbonyl (C=O) groups excluding carboxylic acids is 2. The molecule has 1 aromatic heterocycles. The lowest BCUT2D eigenvalue weighted by Gasteiger charge is -2.34. The predicted octanol–water partition coefficient (Wildman–Crippen LogP) is 3.50. The molecular formula is C26H24Cl2N4O5S. The standard InChI is InChI=1S/C26H24Cl2N4O5S/c27-17-8-4-9-18(28)20(17)25(35)31-11-5-10-19(31)23-29-24(34)22(33)21-26(36)30(12-13-32(21)23)14-15-38(37)16-6-2-1-3-7-16/h1-4,6-9,19,33H,5,10-15H2/t19-,38?/m1/s1. The highest BCUT2D eigenvalue weighted by Gasteiger charge is 2.39. The SMILES string of the molecule is O=C1c2c(O)c(=O)nc([C@H]3CCCN3C(=O)c3c(Cl)cccc3Cl)n2CCN1CCS(=O)c1ccccc1. The Morgan fingerprint density at radius 2 is 1.74 bits per heavy atom. The second-order valence-electron chi connectivity index (χ2n) is 9.03. The number of benzene rings is 2. The summed E-state index contributed by atoms with van der Waals surface area (Å²) >= 11 is 12.6. The highest BCUT2D eigenvalue weighted by atomic mass is 35.5. The summed E-state index contributed by atoms with van der Waals surface area (Å²) in [6.07, 6.45) is 1.16. The lowest BCUT2D eigenvalue weighted by Crippen LogP contribution is -2.45. The average molecular weight is 575 g/mol. The smallest absolute Gasteiger partial charge is 0.315 e. The Morgan fingerprint density at radius 1 is 1.03 bits per heavy atom. The molecule has 5 rings (SSSR count). The van der Waals surface area contributed by atoms with Crippen LogP contribution in [0.2, 0.25) is 10.0 Å². The van der Waals surface area contributed by atoms with Gasteiger partial charge in [-0.15, -0.1) is 0 Å². The zero-order valence-corrected chi connectivity index (χ0v) is 22.5. The molecule has 2 aliphatic heterocycles. The summed E-state index contributed by atoms with van der Waals surface area (Å²) in [6.45, 7) is 1.10. The molecule has 0 radical (unpaired) electrons. The third-order valence-corrected chi connectivity index (χ3v) is 8.80. The number of likely N-dealkylation sites (tertiary alicyclic amines) is 1. The lowest BCUT2D eigenvalue weighted by molar-refractivity contribution is 0.0690. The molecule has 1 N–H and O–H groups in total. The Balaban J connectivity index is 1.43. The topological polar surface area (TPSA) is 113 Å². The van der Waals surface area contributed by atoms with Crippen molar-refractivity contribution in [2.75, 3.05) is 25.4 Å². The maximum atomic E-state index is 13.5. The van der Waals surface area contributed by atoms with Gasteiger partial charge in [-0.1, -0.05) is 47.5 Å². The van der Waals surface area contributed by atoms with Crippen LogP contribution in [0.1, 0.15) is 45.6 Å². The molecule has 2 aromatic carbocycles. The first-order valence-corrected chi connectivity index (χ1v) is 14.2. The van der Waals surface area contributed by atoms with E-state index >= 15 is 0 Å². The molecule has 38 heavy (non-hydrogen) atoms. The van der Waals surface area contributed by atoms with E-state index in [1.54, 1.807) is 47.4 Å². The number of hydrogen-bond acceptors (Lipinski definition) is 6. The van der Waals surface area contributed by atoms with Crippen molar-refractivity contribution in [1.29, 1.82) is 0 Å². The third kappa shape index (κ3) is 4.83. The molecule has 1 unspecified atom stereocenters. The highest BCUT2D eigenvalue weighted by Crippen LogP contribution is 2.36. The molecular weight excluding hydrogens is 551 g/mol. The van der Waals surface area contributed by atoms with Gasteiger partial charge in [0.1, 0.15) is 5.82 Å². The molecule has 0 aliphatic carbocycles. The maximum Gasteiger partial charge on any atom is 0.315 e. The number of nitrogens with zero attached hydrogens (tertiary/aromatic N) is 4. The number of fused-ring (bicyclic) bond motifs is 1. The van der Waals surface area contributed by atoms with Crippen LogP contribution in [0.3, 0.4) is 0 Å². The van der Waals surface area contributed by atoms with Crippen LogP contribution in [-0.4, -0.2) is 65.9 Å². The Bertz CT molecular complexity index is 1480. The van der Waals surface area contributed by atoms with E-state index in [2.05, 4.69) is 4.98 Å². The summed E-state index contributed by atoms with van der Waals surface area (Å²) in [6, 6.07) is 13.1. The molecule has 9 nitrogen and oxygen atoms in total. The molecule has 1 fully saturated rings. The first-order valence-electron chi connectivity index (χ1n) is 12.1. The number of aromatic hydroxyl groups is 1. The quantitative estimate of drug-likeness (QED) is 0.482. The van der Waals surface area contributed by atoms with Crippen molar-refractivity contribution in [2.45, 2.75) is 30.3 Å². The van der Waals surface area contributed by atoms with E-state index in [9.17, 15) is 23.7 Å². The first kappa shape index (κ1) is 26.4. The van der Waals surface area contributed by atoms with Crippen molar-refractivity contribution < 1.29 is 18.9 Å².